The molecule has 2 aromatic rings. The van der Waals surface area contributed by atoms with Crippen LogP contribution in [0.1, 0.15) is 55.7 Å². The molecule has 24 heavy (non-hydrogen) atoms. The molecule has 1 atom stereocenters. The standard InChI is InChI=1S/C18H23N3O2S/c1-18(2,3)21-16(11-15(20-21)12-8-9-12)17(22)19-13-6-5-7-14(10-13)24(4)23/h5-7,10-12H,8-9H2,1-4H3,(H,19,22)/t24-/m1/s1. The van der Waals surface area contributed by atoms with Gasteiger partial charge in [-0.1, -0.05) is 6.07 Å². The molecule has 0 unspecified atom stereocenters. The van der Waals surface area contributed by atoms with Gasteiger partial charge in [0.25, 0.3) is 5.91 Å². The first kappa shape index (κ1) is 16.9. The van der Waals surface area contributed by atoms with Crippen molar-refractivity contribution in [3.05, 3.63) is 41.7 Å². The van der Waals surface area contributed by atoms with Crippen molar-refractivity contribution in [1.82, 2.24) is 9.78 Å². The van der Waals surface area contributed by atoms with Crippen LogP contribution < -0.4 is 5.32 Å². The summed E-state index contributed by atoms with van der Waals surface area (Å²) in [6.07, 6.45) is 3.91. The summed E-state index contributed by atoms with van der Waals surface area (Å²) in [5.41, 5.74) is 1.93. The Hall–Kier alpha value is -1.95. The van der Waals surface area contributed by atoms with Crippen molar-refractivity contribution in [2.24, 2.45) is 0 Å². The molecule has 3 rings (SSSR count). The van der Waals surface area contributed by atoms with E-state index >= 15 is 0 Å². The molecule has 128 valence electrons. The number of benzene rings is 1. The SMILES string of the molecule is C[S@@](=O)c1cccc(NC(=O)c2cc(C3CC3)nn2C(C)(C)C)c1. The molecule has 0 saturated heterocycles. The highest BCUT2D eigenvalue weighted by atomic mass is 32.2. The average molecular weight is 345 g/mol. The third-order valence-corrected chi connectivity index (χ3v) is 4.93. The summed E-state index contributed by atoms with van der Waals surface area (Å²) >= 11 is 0. The Labute approximate surface area is 144 Å². The van der Waals surface area contributed by atoms with E-state index < -0.39 is 10.8 Å². The van der Waals surface area contributed by atoms with E-state index in [1.165, 1.54) is 0 Å². The lowest BCUT2D eigenvalue weighted by Crippen LogP contribution is -2.29. The second kappa shape index (κ2) is 6.16. The molecular weight excluding hydrogens is 322 g/mol. The van der Waals surface area contributed by atoms with Gasteiger partial charge in [0.15, 0.2) is 0 Å². The topological polar surface area (TPSA) is 64.0 Å². The van der Waals surface area contributed by atoms with E-state index in [9.17, 15) is 9.00 Å². The maximum absolute atomic E-state index is 12.8. The van der Waals surface area contributed by atoms with Crippen molar-refractivity contribution in [3.8, 4) is 0 Å². The van der Waals surface area contributed by atoms with Crippen LogP contribution in [0.4, 0.5) is 5.69 Å². The lowest BCUT2D eigenvalue weighted by atomic mass is 10.1. The lowest BCUT2D eigenvalue weighted by Gasteiger charge is -2.22. The fourth-order valence-corrected chi connectivity index (χ4v) is 3.16. The number of aromatic nitrogens is 2. The Morgan fingerprint density at radius 1 is 1.29 bits per heavy atom. The van der Waals surface area contributed by atoms with E-state index in [1.807, 2.05) is 26.8 Å². The number of hydrogen-bond donors (Lipinski definition) is 1. The molecule has 1 N–H and O–H groups in total. The third kappa shape index (κ3) is 3.59. The summed E-state index contributed by atoms with van der Waals surface area (Å²) in [6.45, 7) is 6.11. The van der Waals surface area contributed by atoms with Crippen LogP contribution in [-0.2, 0) is 16.3 Å². The summed E-state index contributed by atoms with van der Waals surface area (Å²) in [7, 11) is -1.08. The van der Waals surface area contributed by atoms with E-state index in [0.29, 0.717) is 22.2 Å². The zero-order valence-corrected chi connectivity index (χ0v) is 15.3. The molecule has 0 radical (unpaired) electrons. The summed E-state index contributed by atoms with van der Waals surface area (Å²) in [5, 5.41) is 7.56. The van der Waals surface area contributed by atoms with E-state index in [2.05, 4.69) is 10.4 Å². The minimum atomic E-state index is -1.08. The molecule has 1 saturated carbocycles. The van der Waals surface area contributed by atoms with E-state index in [-0.39, 0.29) is 11.4 Å². The van der Waals surface area contributed by atoms with Gasteiger partial charge >= 0.3 is 0 Å². The highest BCUT2D eigenvalue weighted by Gasteiger charge is 2.31. The quantitative estimate of drug-likeness (QED) is 0.922. The summed E-state index contributed by atoms with van der Waals surface area (Å²) in [4.78, 5) is 13.5. The number of nitrogens with one attached hydrogen (secondary N) is 1. The summed E-state index contributed by atoms with van der Waals surface area (Å²) < 4.78 is 13.4. The van der Waals surface area contributed by atoms with Crippen LogP contribution in [-0.4, -0.2) is 26.2 Å². The van der Waals surface area contributed by atoms with Gasteiger partial charge in [-0.3, -0.25) is 13.7 Å². The number of nitrogens with zero attached hydrogens (tertiary/aromatic N) is 2. The van der Waals surface area contributed by atoms with Crippen LogP contribution in [0.3, 0.4) is 0 Å². The van der Waals surface area contributed by atoms with Gasteiger partial charge in [0.05, 0.1) is 11.2 Å². The Morgan fingerprint density at radius 3 is 2.58 bits per heavy atom. The largest absolute Gasteiger partial charge is 0.321 e. The monoisotopic (exact) mass is 345 g/mol. The van der Waals surface area contributed by atoms with Crippen molar-refractivity contribution in [2.75, 3.05) is 11.6 Å². The van der Waals surface area contributed by atoms with Gasteiger partial charge in [-0.25, -0.2) is 0 Å². The Kier molecular flexibility index (Phi) is 4.34. The Bertz CT molecular complexity index is 801. The fourth-order valence-electron chi connectivity index (χ4n) is 2.60. The molecule has 0 aliphatic heterocycles. The second-order valence-corrected chi connectivity index (χ2v) is 8.63. The molecule has 1 aromatic carbocycles. The van der Waals surface area contributed by atoms with Crippen molar-refractivity contribution in [1.29, 1.82) is 0 Å². The van der Waals surface area contributed by atoms with Gasteiger partial charge in [-0.05, 0) is 57.9 Å². The van der Waals surface area contributed by atoms with Gasteiger partial charge in [-0.15, -0.1) is 0 Å². The van der Waals surface area contributed by atoms with Crippen LogP contribution in [0.2, 0.25) is 0 Å². The molecule has 0 bridgehead atoms. The highest BCUT2D eigenvalue weighted by Crippen LogP contribution is 2.40. The molecule has 5 nitrogen and oxygen atoms in total. The van der Waals surface area contributed by atoms with Crippen molar-refractivity contribution in [3.63, 3.8) is 0 Å². The highest BCUT2D eigenvalue weighted by molar-refractivity contribution is 7.84. The Morgan fingerprint density at radius 2 is 2.00 bits per heavy atom. The molecule has 0 spiro atoms. The molecule has 1 fully saturated rings. The first-order valence-corrected chi connectivity index (χ1v) is 9.67. The fraction of sp³-hybridized carbons (Fsp3) is 0.444. The van der Waals surface area contributed by atoms with Crippen molar-refractivity contribution < 1.29 is 9.00 Å². The average Bonchev–Trinajstić information content (AvgIpc) is 3.24. The second-order valence-electron chi connectivity index (χ2n) is 7.25. The zero-order chi connectivity index (χ0) is 17.5. The smallest absolute Gasteiger partial charge is 0.273 e. The number of carbonyl (C=O) groups is 1. The van der Waals surface area contributed by atoms with Gasteiger partial charge in [0.2, 0.25) is 0 Å². The van der Waals surface area contributed by atoms with Crippen LogP contribution >= 0.6 is 0 Å². The van der Waals surface area contributed by atoms with Crippen molar-refractivity contribution in [2.45, 2.75) is 50.0 Å². The predicted molar refractivity (Wildman–Crippen MR) is 95.9 cm³/mol. The molecule has 1 amide bonds. The summed E-state index contributed by atoms with van der Waals surface area (Å²) in [5.74, 6) is 0.300. The van der Waals surface area contributed by atoms with Gasteiger partial charge in [0.1, 0.15) is 5.69 Å². The number of anilines is 1. The molecule has 6 heteroatoms. The van der Waals surface area contributed by atoms with Gasteiger partial charge in [0, 0.05) is 33.6 Å². The minimum absolute atomic E-state index is 0.191. The molecule has 1 aromatic heterocycles. The normalized spacial score (nSPS) is 16.0. The van der Waals surface area contributed by atoms with Crippen molar-refractivity contribution >= 4 is 22.4 Å². The number of carbonyl (C=O) groups excluding carboxylic acids is 1. The first-order valence-electron chi connectivity index (χ1n) is 8.11. The number of rotatable bonds is 4. The number of hydrogen-bond acceptors (Lipinski definition) is 3. The molecule has 1 heterocycles. The molecule has 1 aliphatic carbocycles. The number of amides is 1. The minimum Gasteiger partial charge on any atom is -0.321 e. The maximum Gasteiger partial charge on any atom is 0.273 e. The van der Waals surface area contributed by atoms with E-state index in [4.69, 9.17) is 0 Å². The van der Waals surface area contributed by atoms with Crippen LogP contribution in [0, 0.1) is 0 Å². The molecular formula is C18H23N3O2S. The third-order valence-electron chi connectivity index (χ3n) is 4.02. The van der Waals surface area contributed by atoms with E-state index in [1.54, 1.807) is 35.2 Å². The predicted octanol–water partition coefficient (Wildman–Crippen LogP) is 3.51. The van der Waals surface area contributed by atoms with Gasteiger partial charge in [-0.2, -0.15) is 5.10 Å². The Balaban J connectivity index is 1.89. The maximum atomic E-state index is 12.8. The van der Waals surface area contributed by atoms with Gasteiger partial charge < -0.3 is 5.32 Å². The van der Waals surface area contributed by atoms with E-state index in [0.717, 1.165) is 18.5 Å². The summed E-state index contributed by atoms with van der Waals surface area (Å²) in [6, 6.07) is 9.03. The van der Waals surface area contributed by atoms with Crippen LogP contribution in [0.25, 0.3) is 0 Å². The first-order chi connectivity index (χ1) is 11.3. The lowest BCUT2D eigenvalue weighted by molar-refractivity contribution is 0.100. The van der Waals surface area contributed by atoms with Crippen LogP contribution in [0.5, 0.6) is 0 Å². The zero-order valence-electron chi connectivity index (χ0n) is 14.5. The molecule has 1 aliphatic rings. The van der Waals surface area contributed by atoms with Crippen LogP contribution in [0.15, 0.2) is 35.2 Å².